The number of hydrogen-bond acceptors (Lipinski definition) is 4. The molecule has 1 aromatic heterocycles. The van der Waals surface area contributed by atoms with Gasteiger partial charge in [0, 0.05) is 22.8 Å². The minimum Gasteiger partial charge on any atom is -0.480 e. The first kappa shape index (κ1) is 16.7. The first-order valence-electron chi connectivity index (χ1n) is 6.63. The molecule has 2 atom stereocenters. The molecule has 0 radical (unpaired) electrons. The fraction of sp³-hybridized carbons (Fsp3) is 0.286. The Morgan fingerprint density at radius 2 is 2.14 bits per heavy atom. The number of hydrogen-bond donors (Lipinski definition) is 2. The standard InChI is InChI=1S/C14H16ClN2O4P/c1-9(2)13(14(18)19)17-22(15,20)21-11-5-6-12-10(8-11)4-3-7-16-12/h3-9,13H,1-2H3,(H,17,20)(H,18,19). The van der Waals surface area contributed by atoms with E-state index in [2.05, 4.69) is 10.1 Å². The van der Waals surface area contributed by atoms with E-state index in [0.717, 1.165) is 10.9 Å². The minimum absolute atomic E-state index is 0.277. The molecule has 1 aromatic carbocycles. The molecule has 0 spiro atoms. The average molecular weight is 343 g/mol. The van der Waals surface area contributed by atoms with Gasteiger partial charge in [0.15, 0.2) is 0 Å². The summed E-state index contributed by atoms with van der Waals surface area (Å²) in [6.45, 7) is -0.466. The molecule has 22 heavy (non-hydrogen) atoms. The van der Waals surface area contributed by atoms with Crippen LogP contribution in [0.15, 0.2) is 36.5 Å². The van der Waals surface area contributed by atoms with Crippen LogP contribution < -0.4 is 9.61 Å². The van der Waals surface area contributed by atoms with E-state index in [1.165, 1.54) is 0 Å². The van der Waals surface area contributed by atoms with Crippen LogP contribution in [0.3, 0.4) is 0 Å². The summed E-state index contributed by atoms with van der Waals surface area (Å²) in [5.74, 6) is -1.16. The molecule has 2 unspecified atom stereocenters. The molecule has 6 nitrogen and oxygen atoms in total. The second kappa shape index (κ2) is 6.65. The molecule has 0 amide bonds. The Bertz CT molecular complexity index is 738. The highest BCUT2D eigenvalue weighted by Gasteiger charge is 2.32. The summed E-state index contributed by atoms with van der Waals surface area (Å²) in [7, 11) is 0. The van der Waals surface area contributed by atoms with Crippen molar-refractivity contribution >= 4 is 35.0 Å². The Labute approximate surface area is 132 Å². The molecule has 0 saturated heterocycles. The number of nitrogens with one attached hydrogen (secondary N) is 1. The molecule has 0 aliphatic heterocycles. The maximum absolute atomic E-state index is 12.3. The fourth-order valence-electron chi connectivity index (χ4n) is 1.93. The van der Waals surface area contributed by atoms with Gasteiger partial charge >= 0.3 is 12.8 Å². The Morgan fingerprint density at radius 3 is 2.77 bits per heavy atom. The third kappa shape index (κ3) is 4.19. The van der Waals surface area contributed by atoms with Crippen molar-refractivity contribution in [3.63, 3.8) is 0 Å². The highest BCUT2D eigenvalue weighted by Crippen LogP contribution is 2.49. The maximum atomic E-state index is 12.3. The summed E-state index contributed by atoms with van der Waals surface area (Å²) >= 11 is 5.85. The van der Waals surface area contributed by atoms with E-state index < -0.39 is 18.9 Å². The van der Waals surface area contributed by atoms with E-state index in [4.69, 9.17) is 20.9 Å². The number of carbonyl (C=O) groups is 1. The molecule has 0 saturated carbocycles. The van der Waals surface area contributed by atoms with E-state index in [1.807, 2.05) is 6.07 Å². The highest BCUT2D eigenvalue weighted by atomic mass is 35.7. The summed E-state index contributed by atoms with van der Waals surface area (Å²) in [4.78, 5) is 15.3. The number of carboxylic acids is 1. The van der Waals surface area contributed by atoms with Crippen LogP contribution in [0.25, 0.3) is 10.9 Å². The Hall–Kier alpha value is -1.62. The normalized spacial score (nSPS) is 15.5. The third-order valence-electron chi connectivity index (χ3n) is 3.02. The van der Waals surface area contributed by atoms with Crippen LogP contribution in [-0.2, 0) is 9.36 Å². The number of pyridine rings is 1. The summed E-state index contributed by atoms with van der Waals surface area (Å²) in [6, 6.07) is 7.46. The molecule has 0 aliphatic carbocycles. The van der Waals surface area contributed by atoms with Gasteiger partial charge < -0.3 is 9.63 Å². The molecular weight excluding hydrogens is 327 g/mol. The summed E-state index contributed by atoms with van der Waals surface area (Å²) in [6.07, 6.45) is 1.66. The molecule has 0 bridgehead atoms. The van der Waals surface area contributed by atoms with Gasteiger partial charge in [-0.2, -0.15) is 0 Å². The molecule has 0 fully saturated rings. The number of halogens is 1. The van der Waals surface area contributed by atoms with E-state index >= 15 is 0 Å². The number of aromatic nitrogens is 1. The number of fused-ring (bicyclic) bond motifs is 1. The zero-order chi connectivity index (χ0) is 16.3. The SMILES string of the molecule is CC(C)C(NP(=O)(Cl)Oc1ccc2ncccc2c1)C(=O)O. The molecule has 2 aromatic rings. The quantitative estimate of drug-likeness (QED) is 0.779. The predicted octanol–water partition coefficient (Wildman–Crippen LogP) is 3.66. The van der Waals surface area contributed by atoms with Crippen molar-refractivity contribution in [1.82, 2.24) is 10.1 Å². The smallest absolute Gasteiger partial charge is 0.409 e. The Kier molecular flexibility index (Phi) is 5.06. The Balaban J connectivity index is 2.19. The minimum atomic E-state index is -3.84. The molecule has 8 heteroatoms. The lowest BCUT2D eigenvalue weighted by Gasteiger charge is -2.21. The van der Waals surface area contributed by atoms with Gasteiger partial charge in [-0.1, -0.05) is 19.9 Å². The monoisotopic (exact) mass is 342 g/mol. The van der Waals surface area contributed by atoms with Crippen LogP contribution in [0.5, 0.6) is 5.75 Å². The van der Waals surface area contributed by atoms with Gasteiger partial charge in [0.05, 0.1) is 5.52 Å². The number of aliphatic carboxylic acids is 1. The third-order valence-corrected chi connectivity index (χ3v) is 4.56. The second-order valence-electron chi connectivity index (χ2n) is 5.12. The van der Waals surface area contributed by atoms with Crippen molar-refractivity contribution in [2.24, 2.45) is 5.92 Å². The first-order valence-corrected chi connectivity index (χ1v) is 9.16. The van der Waals surface area contributed by atoms with Crippen molar-refractivity contribution in [1.29, 1.82) is 0 Å². The lowest BCUT2D eigenvalue weighted by molar-refractivity contribution is -0.140. The van der Waals surface area contributed by atoms with E-state index in [1.54, 1.807) is 44.3 Å². The Morgan fingerprint density at radius 1 is 1.41 bits per heavy atom. The van der Waals surface area contributed by atoms with E-state index in [-0.39, 0.29) is 11.7 Å². The average Bonchev–Trinajstić information content (AvgIpc) is 2.43. The van der Waals surface area contributed by atoms with Gasteiger partial charge in [0.25, 0.3) is 0 Å². The molecule has 118 valence electrons. The number of benzene rings is 1. The van der Waals surface area contributed by atoms with Crippen LogP contribution in [0.1, 0.15) is 13.8 Å². The summed E-state index contributed by atoms with van der Waals surface area (Å²) < 4.78 is 17.6. The van der Waals surface area contributed by atoms with Gasteiger partial charge in [-0.05, 0) is 30.2 Å². The number of nitrogens with zero attached hydrogens (tertiary/aromatic N) is 1. The fourth-order valence-corrected chi connectivity index (χ4v) is 3.66. The maximum Gasteiger partial charge on any atom is 0.409 e. The zero-order valence-electron chi connectivity index (χ0n) is 12.1. The van der Waals surface area contributed by atoms with Crippen molar-refractivity contribution in [2.45, 2.75) is 19.9 Å². The van der Waals surface area contributed by atoms with E-state index in [0.29, 0.717) is 0 Å². The molecule has 1 heterocycles. The van der Waals surface area contributed by atoms with Crippen molar-refractivity contribution < 1.29 is 19.0 Å². The lowest BCUT2D eigenvalue weighted by atomic mass is 10.1. The van der Waals surface area contributed by atoms with Gasteiger partial charge in [-0.3, -0.25) is 9.78 Å². The van der Waals surface area contributed by atoms with Crippen LogP contribution in [0.4, 0.5) is 0 Å². The summed E-state index contributed by atoms with van der Waals surface area (Å²) in [5, 5.41) is 12.3. The highest BCUT2D eigenvalue weighted by molar-refractivity contribution is 7.84. The van der Waals surface area contributed by atoms with Crippen LogP contribution >= 0.6 is 18.1 Å². The van der Waals surface area contributed by atoms with Gasteiger partial charge in [0.2, 0.25) is 0 Å². The molecule has 2 rings (SSSR count). The van der Waals surface area contributed by atoms with Crippen LogP contribution in [0, 0.1) is 5.92 Å². The number of rotatable bonds is 6. The van der Waals surface area contributed by atoms with Gasteiger partial charge in [-0.25, -0.2) is 9.65 Å². The van der Waals surface area contributed by atoms with Gasteiger partial charge in [0.1, 0.15) is 11.8 Å². The van der Waals surface area contributed by atoms with Crippen LogP contribution in [-0.4, -0.2) is 22.1 Å². The zero-order valence-corrected chi connectivity index (χ0v) is 13.7. The molecule has 2 N–H and O–H groups in total. The topological polar surface area (TPSA) is 88.5 Å². The second-order valence-corrected chi connectivity index (χ2v) is 7.85. The summed E-state index contributed by atoms with van der Waals surface area (Å²) in [5.41, 5.74) is 0.762. The van der Waals surface area contributed by atoms with Gasteiger partial charge in [-0.15, -0.1) is 0 Å². The molecule has 0 aliphatic rings. The van der Waals surface area contributed by atoms with Crippen molar-refractivity contribution in [3.05, 3.63) is 36.5 Å². The largest absolute Gasteiger partial charge is 0.480 e. The first-order chi connectivity index (χ1) is 10.3. The predicted molar refractivity (Wildman–Crippen MR) is 85.2 cm³/mol. The number of carboxylic acid groups (broad SMARTS) is 1. The van der Waals surface area contributed by atoms with Crippen molar-refractivity contribution in [2.75, 3.05) is 0 Å². The lowest BCUT2D eigenvalue weighted by Crippen LogP contribution is -2.38. The van der Waals surface area contributed by atoms with Crippen LogP contribution in [0.2, 0.25) is 0 Å². The molecular formula is C14H16ClN2O4P. The van der Waals surface area contributed by atoms with E-state index in [9.17, 15) is 9.36 Å². The van der Waals surface area contributed by atoms with Crippen molar-refractivity contribution in [3.8, 4) is 5.75 Å².